The van der Waals surface area contributed by atoms with Crippen LogP contribution < -0.4 is 10.2 Å². The maximum atomic E-state index is 13.0. The van der Waals surface area contributed by atoms with E-state index in [-0.39, 0.29) is 29.9 Å². The number of aromatic nitrogens is 1. The summed E-state index contributed by atoms with van der Waals surface area (Å²) < 4.78 is 13.0. The van der Waals surface area contributed by atoms with Gasteiger partial charge in [-0.25, -0.2) is 4.39 Å². The monoisotopic (exact) mass is 315 g/mol. The Balaban J connectivity index is 1.53. The Kier molecular flexibility index (Phi) is 4.41. The van der Waals surface area contributed by atoms with Crippen LogP contribution in [0.15, 0.2) is 42.7 Å². The summed E-state index contributed by atoms with van der Waals surface area (Å²) in [6.45, 7) is 1.53. The minimum atomic E-state index is -0.252. The molecule has 0 aliphatic carbocycles. The highest BCUT2D eigenvalue weighted by Crippen LogP contribution is 2.20. The van der Waals surface area contributed by atoms with Gasteiger partial charge in [-0.15, -0.1) is 0 Å². The van der Waals surface area contributed by atoms with Crippen molar-refractivity contribution >= 4 is 11.6 Å². The van der Waals surface area contributed by atoms with Crippen LogP contribution in [0.1, 0.15) is 12.0 Å². The predicted octanol–water partition coefficient (Wildman–Crippen LogP) is 1.86. The van der Waals surface area contributed by atoms with Crippen LogP contribution in [0, 0.1) is 5.82 Å². The van der Waals surface area contributed by atoms with Gasteiger partial charge in [0.2, 0.25) is 5.91 Å². The summed E-state index contributed by atoms with van der Waals surface area (Å²) >= 11 is 0. The zero-order valence-corrected chi connectivity index (χ0v) is 12.6. The Morgan fingerprint density at radius 1 is 1.35 bits per heavy atom. The van der Waals surface area contributed by atoms with Crippen molar-refractivity contribution in [2.45, 2.75) is 18.9 Å². The first-order valence-electron chi connectivity index (χ1n) is 7.53. The first-order chi connectivity index (χ1) is 11.1. The van der Waals surface area contributed by atoms with Gasteiger partial charge in [-0.1, -0.05) is 0 Å². The molecule has 0 radical (unpaired) electrons. The molecule has 3 rings (SSSR count). The molecule has 1 unspecified atom stereocenters. The second-order valence-electron chi connectivity index (χ2n) is 5.70. The third-order valence-corrected chi connectivity index (χ3v) is 3.89. The van der Waals surface area contributed by atoms with Crippen LogP contribution in [0.5, 0.6) is 5.75 Å². The van der Waals surface area contributed by atoms with E-state index in [4.69, 9.17) is 0 Å². The van der Waals surface area contributed by atoms with Crippen molar-refractivity contribution in [3.05, 3.63) is 54.1 Å². The van der Waals surface area contributed by atoms with E-state index in [1.54, 1.807) is 18.3 Å². The van der Waals surface area contributed by atoms with E-state index in [1.165, 1.54) is 24.4 Å². The topological polar surface area (TPSA) is 65.5 Å². The van der Waals surface area contributed by atoms with E-state index < -0.39 is 0 Å². The van der Waals surface area contributed by atoms with E-state index in [1.807, 2.05) is 0 Å². The van der Waals surface area contributed by atoms with Crippen LogP contribution in [0.4, 0.5) is 10.1 Å². The summed E-state index contributed by atoms with van der Waals surface area (Å²) in [6.07, 6.45) is 3.94. The highest BCUT2D eigenvalue weighted by Gasteiger charge is 2.24. The molecule has 6 heteroatoms. The van der Waals surface area contributed by atoms with Crippen molar-refractivity contribution < 1.29 is 14.3 Å². The Labute approximate surface area is 133 Å². The van der Waals surface area contributed by atoms with Crippen LogP contribution in [-0.4, -0.2) is 35.1 Å². The lowest BCUT2D eigenvalue weighted by molar-refractivity contribution is -0.121. The van der Waals surface area contributed by atoms with Gasteiger partial charge in [0.25, 0.3) is 0 Å². The second kappa shape index (κ2) is 6.64. The zero-order valence-electron chi connectivity index (χ0n) is 12.6. The number of hydrogen-bond acceptors (Lipinski definition) is 4. The summed E-state index contributed by atoms with van der Waals surface area (Å²) in [6, 6.07) is 7.98. The predicted molar refractivity (Wildman–Crippen MR) is 84.8 cm³/mol. The zero-order chi connectivity index (χ0) is 16.2. The lowest BCUT2D eigenvalue weighted by atomic mass is 10.2. The summed E-state index contributed by atoms with van der Waals surface area (Å²) in [5.41, 5.74) is 1.64. The summed E-state index contributed by atoms with van der Waals surface area (Å²) in [4.78, 5) is 18.1. The van der Waals surface area contributed by atoms with Crippen molar-refractivity contribution in [3.8, 4) is 5.75 Å². The van der Waals surface area contributed by atoms with Gasteiger partial charge in [-0.05, 0) is 42.3 Å². The van der Waals surface area contributed by atoms with E-state index in [2.05, 4.69) is 15.2 Å². The molecule has 1 atom stereocenters. The molecule has 120 valence electrons. The number of rotatable bonds is 4. The molecule has 2 N–H and O–H groups in total. The maximum Gasteiger partial charge on any atom is 0.224 e. The Morgan fingerprint density at radius 2 is 2.13 bits per heavy atom. The number of aromatic hydroxyl groups is 1. The van der Waals surface area contributed by atoms with Gasteiger partial charge < -0.3 is 15.3 Å². The van der Waals surface area contributed by atoms with Gasteiger partial charge in [-0.3, -0.25) is 9.78 Å². The number of pyridine rings is 1. The highest BCUT2D eigenvalue weighted by molar-refractivity contribution is 5.79. The average molecular weight is 315 g/mol. The summed E-state index contributed by atoms with van der Waals surface area (Å²) in [5, 5.41) is 12.4. The van der Waals surface area contributed by atoms with Crippen molar-refractivity contribution in [3.63, 3.8) is 0 Å². The maximum absolute atomic E-state index is 13.0. The fraction of sp³-hybridized carbons (Fsp3) is 0.294. The summed E-state index contributed by atoms with van der Waals surface area (Å²) in [7, 11) is 0. The first-order valence-corrected chi connectivity index (χ1v) is 7.53. The number of hydrogen-bond donors (Lipinski definition) is 2. The van der Waals surface area contributed by atoms with E-state index in [0.29, 0.717) is 12.1 Å². The molecule has 1 saturated heterocycles. The van der Waals surface area contributed by atoms with E-state index >= 15 is 0 Å². The number of carbonyl (C=O) groups excluding carboxylic acids is 1. The molecule has 1 aromatic carbocycles. The molecule has 1 aliphatic rings. The highest BCUT2D eigenvalue weighted by atomic mass is 19.1. The molecule has 2 heterocycles. The molecule has 23 heavy (non-hydrogen) atoms. The molecule has 1 aromatic heterocycles. The SMILES string of the molecule is O=C(Cc1cncc(O)c1)NC1CCN(c2ccc(F)cc2)C1. The Hall–Kier alpha value is -2.63. The molecule has 0 saturated carbocycles. The molecule has 0 bridgehead atoms. The Morgan fingerprint density at radius 3 is 2.87 bits per heavy atom. The normalized spacial score (nSPS) is 17.3. The molecular weight excluding hydrogens is 297 g/mol. The van der Waals surface area contributed by atoms with Crippen LogP contribution in [0.25, 0.3) is 0 Å². The van der Waals surface area contributed by atoms with Crippen molar-refractivity contribution in [2.24, 2.45) is 0 Å². The minimum Gasteiger partial charge on any atom is -0.506 e. The fourth-order valence-corrected chi connectivity index (χ4v) is 2.80. The number of amides is 1. The van der Waals surface area contributed by atoms with Crippen LogP contribution in [0.3, 0.4) is 0 Å². The average Bonchev–Trinajstić information content (AvgIpc) is 2.96. The van der Waals surface area contributed by atoms with Crippen LogP contribution in [-0.2, 0) is 11.2 Å². The fourth-order valence-electron chi connectivity index (χ4n) is 2.80. The third kappa shape index (κ3) is 3.97. The number of nitrogens with one attached hydrogen (secondary N) is 1. The number of benzene rings is 1. The van der Waals surface area contributed by atoms with Gasteiger partial charge >= 0.3 is 0 Å². The van der Waals surface area contributed by atoms with Gasteiger partial charge in [0, 0.05) is 31.0 Å². The standard InChI is InChI=1S/C17H18FN3O2/c18-13-1-3-15(4-2-13)21-6-5-14(11-21)20-17(23)8-12-7-16(22)10-19-9-12/h1-4,7,9-10,14,22H,5-6,8,11H2,(H,20,23). The lowest BCUT2D eigenvalue weighted by Crippen LogP contribution is -2.38. The largest absolute Gasteiger partial charge is 0.506 e. The van der Waals surface area contributed by atoms with Crippen molar-refractivity contribution in [2.75, 3.05) is 18.0 Å². The number of nitrogens with zero attached hydrogens (tertiary/aromatic N) is 2. The van der Waals surface area contributed by atoms with Gasteiger partial charge in [0.1, 0.15) is 11.6 Å². The third-order valence-electron chi connectivity index (χ3n) is 3.89. The number of anilines is 1. The molecular formula is C17H18FN3O2. The molecule has 2 aromatic rings. The molecule has 0 spiro atoms. The number of carbonyl (C=O) groups is 1. The van der Waals surface area contributed by atoms with Crippen LogP contribution in [0.2, 0.25) is 0 Å². The molecule has 5 nitrogen and oxygen atoms in total. The number of halogens is 1. The summed E-state index contributed by atoms with van der Waals surface area (Å²) in [5.74, 6) is -0.292. The minimum absolute atomic E-state index is 0.0543. The molecule has 1 aliphatic heterocycles. The smallest absolute Gasteiger partial charge is 0.224 e. The van der Waals surface area contributed by atoms with Crippen molar-refractivity contribution in [1.29, 1.82) is 0 Å². The second-order valence-corrected chi connectivity index (χ2v) is 5.70. The van der Waals surface area contributed by atoms with Gasteiger partial charge in [-0.2, -0.15) is 0 Å². The quantitative estimate of drug-likeness (QED) is 0.904. The van der Waals surface area contributed by atoms with Crippen LogP contribution >= 0.6 is 0 Å². The van der Waals surface area contributed by atoms with E-state index in [9.17, 15) is 14.3 Å². The lowest BCUT2D eigenvalue weighted by Gasteiger charge is -2.19. The Bertz CT molecular complexity index is 690. The first kappa shape index (κ1) is 15.3. The van der Waals surface area contributed by atoms with E-state index in [0.717, 1.165) is 18.7 Å². The van der Waals surface area contributed by atoms with Gasteiger partial charge in [0.15, 0.2) is 0 Å². The molecule has 1 fully saturated rings. The molecule has 1 amide bonds. The van der Waals surface area contributed by atoms with Gasteiger partial charge in [0.05, 0.1) is 12.6 Å². The van der Waals surface area contributed by atoms with Crippen molar-refractivity contribution in [1.82, 2.24) is 10.3 Å².